The lowest BCUT2D eigenvalue weighted by atomic mass is 10.0. The zero-order valence-corrected chi connectivity index (χ0v) is 19.5. The Bertz CT molecular complexity index is 1010. The summed E-state index contributed by atoms with van der Waals surface area (Å²) >= 11 is 0. The summed E-state index contributed by atoms with van der Waals surface area (Å²) in [5.74, 6) is 1.67. The van der Waals surface area contributed by atoms with Crippen molar-refractivity contribution in [2.24, 2.45) is 0 Å². The van der Waals surface area contributed by atoms with Gasteiger partial charge in [-0.05, 0) is 18.4 Å². The molecule has 1 atom stereocenters. The van der Waals surface area contributed by atoms with Gasteiger partial charge in [0.05, 0.1) is 32.0 Å². The van der Waals surface area contributed by atoms with Gasteiger partial charge in [0.15, 0.2) is 0 Å². The van der Waals surface area contributed by atoms with Crippen molar-refractivity contribution < 1.29 is 9.15 Å². The zero-order chi connectivity index (χ0) is 22.5. The Balaban J connectivity index is 1.49. The fourth-order valence-corrected chi connectivity index (χ4v) is 4.86. The number of fused-ring (bicyclic) bond motifs is 4. The van der Waals surface area contributed by atoms with E-state index in [1.807, 2.05) is 10.7 Å². The summed E-state index contributed by atoms with van der Waals surface area (Å²) in [5.41, 5.74) is 3.16. The topological polar surface area (TPSA) is 72.5 Å². The lowest BCUT2D eigenvalue weighted by molar-refractivity contribution is 0.00781. The Morgan fingerprint density at radius 1 is 1.00 bits per heavy atom. The number of rotatable bonds is 3. The number of aromatic nitrogens is 4. The number of hydrogen-bond acceptors (Lipinski definition) is 7. The van der Waals surface area contributed by atoms with E-state index in [9.17, 15) is 0 Å². The predicted octanol–water partition coefficient (Wildman–Crippen LogP) is 3.83. The average Bonchev–Trinajstić information content (AvgIpc) is 3.46. The normalized spacial score (nSPS) is 20.9. The first kappa shape index (κ1) is 22.1. The molecular formula is C25H34N6O2. The van der Waals surface area contributed by atoms with Crippen LogP contribution in [-0.4, -0.2) is 58.2 Å². The van der Waals surface area contributed by atoms with Gasteiger partial charge in [0.2, 0.25) is 11.8 Å². The summed E-state index contributed by atoms with van der Waals surface area (Å²) in [5, 5.41) is 8.71. The second kappa shape index (κ2) is 10.5. The summed E-state index contributed by atoms with van der Waals surface area (Å²) < 4.78 is 14.2. The van der Waals surface area contributed by atoms with Crippen molar-refractivity contribution in [1.82, 2.24) is 24.9 Å². The number of aryl methyl sites for hydroxylation is 1. The Hall–Kier alpha value is -2.71. The van der Waals surface area contributed by atoms with Crippen molar-refractivity contribution in [2.45, 2.75) is 57.7 Å². The lowest BCUT2D eigenvalue weighted by Crippen LogP contribution is -2.39. The number of morpholine rings is 1. The van der Waals surface area contributed by atoms with Crippen LogP contribution in [0.2, 0.25) is 0 Å². The highest BCUT2D eigenvalue weighted by Crippen LogP contribution is 2.33. The van der Waals surface area contributed by atoms with Crippen molar-refractivity contribution in [3.8, 4) is 0 Å². The Morgan fingerprint density at radius 3 is 2.67 bits per heavy atom. The molecule has 5 rings (SSSR count). The smallest absolute Gasteiger partial charge is 0.220 e. The lowest BCUT2D eigenvalue weighted by Gasteiger charge is -2.32. The van der Waals surface area contributed by atoms with Crippen LogP contribution in [-0.2, 0) is 24.2 Å². The van der Waals surface area contributed by atoms with Gasteiger partial charge >= 0.3 is 0 Å². The van der Waals surface area contributed by atoms with Crippen molar-refractivity contribution in [1.29, 1.82) is 0 Å². The molecular weight excluding hydrogens is 416 g/mol. The molecule has 4 bridgehead atoms. The summed E-state index contributed by atoms with van der Waals surface area (Å²) in [6.45, 7) is 4.96. The molecule has 2 aliphatic heterocycles. The maximum atomic E-state index is 6.57. The zero-order valence-electron chi connectivity index (χ0n) is 19.5. The molecule has 0 N–H and O–H groups in total. The number of oxazole rings is 1. The first-order valence-corrected chi connectivity index (χ1v) is 12.2. The molecule has 0 aliphatic carbocycles. The molecule has 8 heteroatoms. The molecule has 176 valence electrons. The molecule has 2 aliphatic rings. The second-order valence-corrected chi connectivity index (χ2v) is 9.16. The van der Waals surface area contributed by atoms with E-state index in [1.165, 1.54) is 18.4 Å². The SMILES string of the molecule is CN1Cc2cn(nn2)CCCCCCC(N2CCOCC2)c2nc(Cc3ccccc3)c1o2. The van der Waals surface area contributed by atoms with Gasteiger partial charge in [-0.3, -0.25) is 9.58 Å². The number of hydrogen-bond donors (Lipinski definition) is 0. The van der Waals surface area contributed by atoms with Gasteiger partial charge in [-0.25, -0.2) is 4.98 Å². The van der Waals surface area contributed by atoms with Crippen LogP contribution in [0.4, 0.5) is 5.88 Å². The summed E-state index contributed by atoms with van der Waals surface area (Å²) in [4.78, 5) is 9.73. The molecule has 0 radical (unpaired) electrons. The van der Waals surface area contributed by atoms with Gasteiger partial charge in [0, 0.05) is 33.1 Å². The third-order valence-electron chi connectivity index (χ3n) is 6.63. The number of nitrogens with zero attached hydrogens (tertiary/aromatic N) is 6. The Morgan fingerprint density at radius 2 is 1.82 bits per heavy atom. The standard InChI is InChI=1S/C25H34N6O2/c1-29-18-21-19-31(28-27-21)12-8-3-2-7-11-23(30-13-15-32-16-14-30)24-26-22(25(29)33-24)17-20-9-5-4-6-10-20/h4-6,9-10,19,23H,2-3,7-8,11-18H2,1H3. The number of benzene rings is 1. The van der Waals surface area contributed by atoms with E-state index in [0.29, 0.717) is 6.54 Å². The minimum Gasteiger partial charge on any atom is -0.423 e. The number of ether oxygens (including phenoxy) is 1. The largest absolute Gasteiger partial charge is 0.423 e. The minimum atomic E-state index is 0.190. The van der Waals surface area contributed by atoms with Crippen molar-refractivity contribution in [3.63, 3.8) is 0 Å². The van der Waals surface area contributed by atoms with Crippen LogP contribution in [0.1, 0.15) is 61.0 Å². The van der Waals surface area contributed by atoms with E-state index in [2.05, 4.69) is 57.6 Å². The molecule has 0 saturated carbocycles. The third-order valence-corrected chi connectivity index (χ3v) is 6.63. The molecule has 2 aromatic heterocycles. The Kier molecular flexibility index (Phi) is 7.02. The van der Waals surface area contributed by atoms with E-state index in [-0.39, 0.29) is 6.04 Å². The van der Waals surface area contributed by atoms with E-state index in [1.54, 1.807) is 0 Å². The quantitative estimate of drug-likeness (QED) is 0.600. The fourth-order valence-electron chi connectivity index (χ4n) is 4.86. The monoisotopic (exact) mass is 450 g/mol. The molecule has 8 nitrogen and oxygen atoms in total. The molecule has 4 heterocycles. The minimum absolute atomic E-state index is 0.190. The molecule has 33 heavy (non-hydrogen) atoms. The molecule has 1 saturated heterocycles. The first-order valence-electron chi connectivity index (χ1n) is 12.2. The van der Waals surface area contributed by atoms with Gasteiger partial charge in [-0.2, -0.15) is 0 Å². The van der Waals surface area contributed by atoms with Crippen LogP contribution in [0.3, 0.4) is 0 Å². The van der Waals surface area contributed by atoms with Crippen LogP contribution in [0.25, 0.3) is 0 Å². The second-order valence-electron chi connectivity index (χ2n) is 9.16. The van der Waals surface area contributed by atoms with Crippen molar-refractivity contribution in [3.05, 3.63) is 59.4 Å². The van der Waals surface area contributed by atoms with Crippen LogP contribution in [0.15, 0.2) is 40.9 Å². The van der Waals surface area contributed by atoms with Gasteiger partial charge < -0.3 is 14.1 Å². The third kappa shape index (κ3) is 5.45. The predicted molar refractivity (Wildman–Crippen MR) is 126 cm³/mol. The summed E-state index contributed by atoms with van der Waals surface area (Å²) in [7, 11) is 2.06. The highest BCUT2D eigenvalue weighted by molar-refractivity contribution is 5.43. The van der Waals surface area contributed by atoms with Crippen molar-refractivity contribution >= 4 is 5.88 Å². The molecule has 1 unspecified atom stereocenters. The van der Waals surface area contributed by atoms with E-state index < -0.39 is 0 Å². The van der Waals surface area contributed by atoms with E-state index in [4.69, 9.17) is 14.1 Å². The summed E-state index contributed by atoms with van der Waals surface area (Å²) in [6.07, 6.45) is 8.54. The van der Waals surface area contributed by atoms with E-state index in [0.717, 1.165) is 81.7 Å². The van der Waals surface area contributed by atoms with Crippen LogP contribution in [0.5, 0.6) is 0 Å². The maximum Gasteiger partial charge on any atom is 0.220 e. The van der Waals surface area contributed by atoms with Gasteiger partial charge in [0.25, 0.3) is 0 Å². The van der Waals surface area contributed by atoms with E-state index >= 15 is 0 Å². The summed E-state index contributed by atoms with van der Waals surface area (Å²) in [6, 6.07) is 10.7. The first-order chi connectivity index (χ1) is 16.3. The molecule has 0 amide bonds. The van der Waals surface area contributed by atoms with Crippen LogP contribution < -0.4 is 4.90 Å². The van der Waals surface area contributed by atoms with Gasteiger partial charge in [-0.1, -0.05) is 54.8 Å². The van der Waals surface area contributed by atoms with Crippen LogP contribution in [0, 0.1) is 0 Å². The molecule has 1 aromatic carbocycles. The fraction of sp³-hybridized carbons (Fsp3) is 0.560. The maximum absolute atomic E-state index is 6.57. The molecule has 1 fully saturated rings. The molecule has 3 aromatic rings. The molecule has 0 spiro atoms. The number of anilines is 1. The highest BCUT2D eigenvalue weighted by atomic mass is 16.5. The van der Waals surface area contributed by atoms with Gasteiger partial charge in [-0.15, -0.1) is 5.10 Å². The van der Waals surface area contributed by atoms with Crippen LogP contribution >= 0.6 is 0 Å². The van der Waals surface area contributed by atoms with Gasteiger partial charge in [0.1, 0.15) is 11.4 Å². The Labute approximate surface area is 195 Å². The average molecular weight is 451 g/mol. The van der Waals surface area contributed by atoms with Crippen molar-refractivity contribution in [2.75, 3.05) is 38.3 Å². The highest BCUT2D eigenvalue weighted by Gasteiger charge is 2.29.